The lowest BCUT2D eigenvalue weighted by Crippen LogP contribution is -2.50. The smallest absolute Gasteiger partial charge is 0.354 e. The molecular formula is C13H20F3N3O2. The zero-order valence-electron chi connectivity index (χ0n) is 11.9. The summed E-state index contributed by atoms with van der Waals surface area (Å²) in [5.41, 5.74) is 0. The molecule has 0 bridgehead atoms. The van der Waals surface area contributed by atoms with Gasteiger partial charge in [-0.25, -0.2) is 0 Å². The molecule has 2 rings (SSSR count). The molecule has 120 valence electrons. The van der Waals surface area contributed by atoms with Gasteiger partial charge >= 0.3 is 12.1 Å². The van der Waals surface area contributed by atoms with Crippen LogP contribution in [0, 0.1) is 5.92 Å². The third kappa shape index (κ3) is 3.87. The van der Waals surface area contributed by atoms with Crippen LogP contribution in [0.15, 0.2) is 0 Å². The standard InChI is InChI=1S/C13H20F3N3O2/c1-18-6-4-9(8-18)7-17-11(20)10-3-2-5-19(10)12(21)13(14,15)16/h9-10H,2-8H2,1H3,(H,17,20). The number of nitrogens with one attached hydrogen (secondary N) is 1. The van der Waals surface area contributed by atoms with Crippen LogP contribution in [0.2, 0.25) is 0 Å². The van der Waals surface area contributed by atoms with Crippen LogP contribution in [-0.4, -0.2) is 67.1 Å². The number of carbonyl (C=O) groups excluding carboxylic acids is 2. The molecule has 8 heteroatoms. The molecule has 1 N–H and O–H groups in total. The van der Waals surface area contributed by atoms with E-state index in [1.165, 1.54) is 0 Å². The van der Waals surface area contributed by atoms with E-state index in [9.17, 15) is 22.8 Å². The van der Waals surface area contributed by atoms with Crippen molar-refractivity contribution in [2.45, 2.75) is 31.5 Å². The Morgan fingerprint density at radius 1 is 1.24 bits per heavy atom. The van der Waals surface area contributed by atoms with E-state index in [1.807, 2.05) is 7.05 Å². The second kappa shape index (κ2) is 6.21. The maximum absolute atomic E-state index is 12.5. The molecule has 21 heavy (non-hydrogen) atoms. The summed E-state index contributed by atoms with van der Waals surface area (Å²) < 4.78 is 37.5. The first kappa shape index (κ1) is 16.1. The molecule has 2 aliphatic rings. The van der Waals surface area contributed by atoms with Crippen molar-refractivity contribution >= 4 is 11.8 Å². The zero-order valence-corrected chi connectivity index (χ0v) is 11.9. The molecular weight excluding hydrogens is 287 g/mol. The normalized spacial score (nSPS) is 27.1. The monoisotopic (exact) mass is 307 g/mol. The first-order chi connectivity index (χ1) is 9.79. The van der Waals surface area contributed by atoms with Crippen LogP contribution in [0.25, 0.3) is 0 Å². The van der Waals surface area contributed by atoms with E-state index in [2.05, 4.69) is 10.2 Å². The fourth-order valence-corrected chi connectivity index (χ4v) is 3.00. The molecule has 0 saturated carbocycles. The number of amides is 2. The van der Waals surface area contributed by atoms with Crippen LogP contribution in [0.4, 0.5) is 13.2 Å². The Bertz CT molecular complexity index is 414. The summed E-state index contributed by atoms with van der Waals surface area (Å²) >= 11 is 0. The van der Waals surface area contributed by atoms with Gasteiger partial charge in [0.15, 0.2) is 0 Å². The van der Waals surface area contributed by atoms with E-state index in [-0.39, 0.29) is 13.0 Å². The molecule has 0 aromatic carbocycles. The fraction of sp³-hybridized carbons (Fsp3) is 0.846. The van der Waals surface area contributed by atoms with Crippen molar-refractivity contribution in [3.05, 3.63) is 0 Å². The van der Waals surface area contributed by atoms with E-state index < -0.39 is 24.0 Å². The second-order valence-electron chi connectivity index (χ2n) is 5.82. The summed E-state index contributed by atoms with van der Waals surface area (Å²) in [6, 6.07) is -0.988. The Balaban J connectivity index is 1.87. The van der Waals surface area contributed by atoms with Crippen LogP contribution in [0.3, 0.4) is 0 Å². The van der Waals surface area contributed by atoms with Crippen LogP contribution in [0.5, 0.6) is 0 Å². The van der Waals surface area contributed by atoms with Crippen LogP contribution >= 0.6 is 0 Å². The van der Waals surface area contributed by atoms with Gasteiger partial charge in [-0.3, -0.25) is 9.59 Å². The van der Waals surface area contributed by atoms with Gasteiger partial charge in [0.2, 0.25) is 5.91 Å². The predicted molar refractivity (Wildman–Crippen MR) is 69.4 cm³/mol. The molecule has 0 aromatic rings. The number of halogens is 3. The van der Waals surface area contributed by atoms with Gasteiger partial charge in [-0.2, -0.15) is 13.2 Å². The molecule has 0 radical (unpaired) electrons. The summed E-state index contributed by atoms with van der Waals surface area (Å²) in [6.07, 6.45) is -3.24. The number of hydrogen-bond donors (Lipinski definition) is 1. The summed E-state index contributed by atoms with van der Waals surface area (Å²) in [7, 11) is 1.99. The molecule has 0 aromatic heterocycles. The van der Waals surface area contributed by atoms with Gasteiger partial charge in [-0.15, -0.1) is 0 Å². The van der Waals surface area contributed by atoms with Gasteiger partial charge in [0, 0.05) is 19.6 Å². The van der Waals surface area contributed by atoms with Crippen molar-refractivity contribution in [3.8, 4) is 0 Å². The third-order valence-electron chi connectivity index (χ3n) is 4.11. The number of carbonyl (C=O) groups is 2. The van der Waals surface area contributed by atoms with Gasteiger partial charge in [0.1, 0.15) is 6.04 Å². The van der Waals surface area contributed by atoms with Crippen molar-refractivity contribution in [1.82, 2.24) is 15.1 Å². The van der Waals surface area contributed by atoms with Gasteiger partial charge in [-0.1, -0.05) is 0 Å². The van der Waals surface area contributed by atoms with E-state index in [0.717, 1.165) is 19.5 Å². The quantitative estimate of drug-likeness (QED) is 0.831. The Labute approximate surface area is 121 Å². The van der Waals surface area contributed by atoms with Gasteiger partial charge in [0.25, 0.3) is 0 Å². The van der Waals surface area contributed by atoms with Crippen LogP contribution < -0.4 is 5.32 Å². The topological polar surface area (TPSA) is 52.7 Å². The molecule has 2 heterocycles. The molecule has 2 unspecified atom stereocenters. The average molecular weight is 307 g/mol. The van der Waals surface area contributed by atoms with Crippen molar-refractivity contribution in [2.24, 2.45) is 5.92 Å². The van der Waals surface area contributed by atoms with Gasteiger partial charge in [-0.05, 0) is 38.8 Å². The van der Waals surface area contributed by atoms with Gasteiger partial charge < -0.3 is 15.1 Å². The van der Waals surface area contributed by atoms with Crippen molar-refractivity contribution in [2.75, 3.05) is 33.2 Å². The number of hydrogen-bond acceptors (Lipinski definition) is 3. The number of likely N-dealkylation sites (tertiary alicyclic amines) is 2. The Morgan fingerprint density at radius 3 is 2.52 bits per heavy atom. The molecule has 0 spiro atoms. The van der Waals surface area contributed by atoms with Gasteiger partial charge in [0.05, 0.1) is 0 Å². The largest absolute Gasteiger partial charge is 0.471 e. The van der Waals surface area contributed by atoms with Crippen molar-refractivity contribution in [1.29, 1.82) is 0 Å². The van der Waals surface area contributed by atoms with Crippen molar-refractivity contribution < 1.29 is 22.8 Å². The van der Waals surface area contributed by atoms with Crippen LogP contribution in [-0.2, 0) is 9.59 Å². The molecule has 2 atom stereocenters. The Morgan fingerprint density at radius 2 is 1.95 bits per heavy atom. The average Bonchev–Trinajstić information content (AvgIpc) is 3.02. The highest BCUT2D eigenvalue weighted by Crippen LogP contribution is 2.25. The number of rotatable bonds is 3. The highest BCUT2D eigenvalue weighted by molar-refractivity contribution is 5.90. The summed E-state index contributed by atoms with van der Waals surface area (Å²) in [5, 5.41) is 2.70. The zero-order chi connectivity index (χ0) is 15.6. The maximum atomic E-state index is 12.5. The third-order valence-corrected chi connectivity index (χ3v) is 4.11. The number of alkyl halides is 3. The summed E-state index contributed by atoms with van der Waals surface area (Å²) in [4.78, 5) is 26.1. The fourth-order valence-electron chi connectivity index (χ4n) is 3.00. The molecule has 2 fully saturated rings. The lowest BCUT2D eigenvalue weighted by Gasteiger charge is -2.25. The minimum Gasteiger partial charge on any atom is -0.354 e. The van der Waals surface area contributed by atoms with Crippen LogP contribution in [0.1, 0.15) is 19.3 Å². The second-order valence-corrected chi connectivity index (χ2v) is 5.82. The Kier molecular flexibility index (Phi) is 4.75. The first-order valence-electron chi connectivity index (χ1n) is 7.13. The van der Waals surface area contributed by atoms with E-state index in [4.69, 9.17) is 0 Å². The minimum absolute atomic E-state index is 0.0113. The predicted octanol–water partition coefficient (Wildman–Crippen LogP) is 0.608. The van der Waals surface area contributed by atoms with E-state index in [0.29, 0.717) is 23.8 Å². The highest BCUT2D eigenvalue weighted by atomic mass is 19.4. The molecule has 2 saturated heterocycles. The molecule has 2 aliphatic heterocycles. The summed E-state index contributed by atoms with van der Waals surface area (Å²) in [6.45, 7) is 2.27. The lowest BCUT2D eigenvalue weighted by atomic mass is 10.1. The minimum atomic E-state index is -4.92. The first-order valence-corrected chi connectivity index (χ1v) is 7.13. The molecule has 2 amide bonds. The SMILES string of the molecule is CN1CCC(CNC(=O)C2CCCN2C(=O)C(F)(F)F)C1. The highest BCUT2D eigenvalue weighted by Gasteiger charge is 2.47. The maximum Gasteiger partial charge on any atom is 0.471 e. The molecule has 5 nitrogen and oxygen atoms in total. The summed E-state index contributed by atoms with van der Waals surface area (Å²) in [5.74, 6) is -2.06. The number of nitrogens with zero attached hydrogens (tertiary/aromatic N) is 2. The Hall–Kier alpha value is -1.31. The molecule has 0 aliphatic carbocycles. The van der Waals surface area contributed by atoms with E-state index >= 15 is 0 Å². The van der Waals surface area contributed by atoms with Crippen molar-refractivity contribution in [3.63, 3.8) is 0 Å². The van der Waals surface area contributed by atoms with E-state index in [1.54, 1.807) is 0 Å². The lowest BCUT2D eigenvalue weighted by molar-refractivity contribution is -0.186.